The van der Waals surface area contributed by atoms with Crippen molar-refractivity contribution >= 4 is 44.0 Å². The molecule has 1 amide bonds. The third kappa shape index (κ3) is 3.92. The molecule has 0 spiro atoms. The summed E-state index contributed by atoms with van der Waals surface area (Å²) in [6, 6.07) is 5.35. The van der Waals surface area contributed by atoms with E-state index in [0.29, 0.717) is 29.3 Å². The molecule has 0 radical (unpaired) electrons. The molecular formula is C19H23N5O3S2. The molecule has 3 aromatic heterocycles. The molecule has 29 heavy (non-hydrogen) atoms. The zero-order chi connectivity index (χ0) is 20.6. The first-order valence-corrected chi connectivity index (χ1v) is 11.9. The molecule has 1 aliphatic rings. The minimum atomic E-state index is -3.54. The Morgan fingerprint density at radius 3 is 2.90 bits per heavy atom. The van der Waals surface area contributed by atoms with Crippen molar-refractivity contribution in [2.75, 3.05) is 18.4 Å². The van der Waals surface area contributed by atoms with E-state index in [9.17, 15) is 13.2 Å². The normalized spacial score (nSPS) is 18.4. The van der Waals surface area contributed by atoms with Crippen LogP contribution < -0.4 is 5.32 Å². The molecule has 1 N–H and O–H groups in total. The highest BCUT2D eigenvalue weighted by atomic mass is 32.2. The second-order valence-corrected chi connectivity index (χ2v) is 10.6. The number of carbonyl (C=O) groups excluding carboxylic acids is 1. The number of fused-ring (bicyclic) bond motifs is 1. The van der Waals surface area contributed by atoms with Gasteiger partial charge in [-0.1, -0.05) is 6.07 Å². The third-order valence-electron chi connectivity index (χ3n) is 5.03. The zero-order valence-electron chi connectivity index (χ0n) is 16.3. The molecule has 1 saturated heterocycles. The number of carbonyl (C=O) groups is 1. The number of sulfonamides is 1. The Morgan fingerprint density at radius 2 is 2.17 bits per heavy atom. The van der Waals surface area contributed by atoms with Crippen molar-refractivity contribution in [3.05, 3.63) is 36.0 Å². The van der Waals surface area contributed by atoms with Crippen molar-refractivity contribution in [3.8, 4) is 0 Å². The van der Waals surface area contributed by atoms with Crippen molar-refractivity contribution < 1.29 is 13.2 Å². The fourth-order valence-electron chi connectivity index (χ4n) is 3.54. The van der Waals surface area contributed by atoms with Crippen LogP contribution in [0.5, 0.6) is 0 Å². The van der Waals surface area contributed by atoms with Crippen molar-refractivity contribution in [1.82, 2.24) is 19.1 Å². The van der Waals surface area contributed by atoms with Crippen LogP contribution in [0.15, 0.2) is 40.2 Å². The van der Waals surface area contributed by atoms with Gasteiger partial charge in [0, 0.05) is 24.5 Å². The summed E-state index contributed by atoms with van der Waals surface area (Å²) in [5.41, 5.74) is 1.35. The Hall–Kier alpha value is -2.30. The smallest absolute Gasteiger partial charge is 0.252 e. The summed E-state index contributed by atoms with van der Waals surface area (Å²) in [5, 5.41) is 9.82. The minimum absolute atomic E-state index is 0.187. The highest BCUT2D eigenvalue weighted by molar-refractivity contribution is 7.91. The number of amides is 1. The second kappa shape index (κ2) is 7.85. The lowest BCUT2D eigenvalue weighted by Gasteiger charge is -2.30. The molecule has 0 saturated carbocycles. The fraction of sp³-hybridized carbons (Fsp3) is 0.421. The van der Waals surface area contributed by atoms with Gasteiger partial charge in [0.25, 0.3) is 10.0 Å². The summed E-state index contributed by atoms with van der Waals surface area (Å²) < 4.78 is 29.1. The lowest BCUT2D eigenvalue weighted by molar-refractivity contribution is -0.120. The van der Waals surface area contributed by atoms with Gasteiger partial charge in [-0.15, -0.1) is 11.3 Å². The maximum Gasteiger partial charge on any atom is 0.252 e. The van der Waals surface area contributed by atoms with Gasteiger partial charge in [0.1, 0.15) is 4.21 Å². The largest absolute Gasteiger partial charge is 0.324 e. The first-order chi connectivity index (χ1) is 13.9. The molecule has 1 fully saturated rings. The Kier molecular flexibility index (Phi) is 5.41. The van der Waals surface area contributed by atoms with E-state index in [0.717, 1.165) is 11.0 Å². The summed E-state index contributed by atoms with van der Waals surface area (Å²) >= 11 is 1.19. The average molecular weight is 434 g/mol. The van der Waals surface area contributed by atoms with E-state index in [-0.39, 0.29) is 18.5 Å². The summed E-state index contributed by atoms with van der Waals surface area (Å²) in [6.07, 6.45) is 4.65. The highest BCUT2D eigenvalue weighted by Crippen LogP contribution is 2.27. The van der Waals surface area contributed by atoms with Crippen molar-refractivity contribution in [2.45, 2.75) is 36.9 Å². The van der Waals surface area contributed by atoms with E-state index in [1.807, 2.05) is 24.6 Å². The van der Waals surface area contributed by atoms with Crippen LogP contribution in [0.4, 0.5) is 5.69 Å². The minimum Gasteiger partial charge on any atom is -0.324 e. The lowest BCUT2D eigenvalue weighted by atomic mass is 9.99. The number of aromatic nitrogens is 3. The molecule has 10 heteroatoms. The molecule has 4 rings (SSSR count). The first kappa shape index (κ1) is 20.0. The van der Waals surface area contributed by atoms with Crippen LogP contribution in [0, 0.1) is 5.92 Å². The molecule has 0 aromatic carbocycles. The average Bonchev–Trinajstić information content (AvgIpc) is 3.38. The predicted octanol–water partition coefficient (Wildman–Crippen LogP) is 3.11. The number of thiophene rings is 1. The number of anilines is 1. The number of nitrogens with zero attached hydrogens (tertiary/aromatic N) is 4. The van der Waals surface area contributed by atoms with Gasteiger partial charge in [-0.3, -0.25) is 4.79 Å². The summed E-state index contributed by atoms with van der Waals surface area (Å²) in [6.45, 7) is 4.69. The first-order valence-electron chi connectivity index (χ1n) is 9.54. The molecular weight excluding hydrogens is 410 g/mol. The topological polar surface area (TPSA) is 97.2 Å². The number of hydrogen-bond donors (Lipinski definition) is 1. The fourth-order valence-corrected chi connectivity index (χ4v) is 6.21. The maximum atomic E-state index is 12.8. The zero-order valence-corrected chi connectivity index (χ0v) is 17.9. The van der Waals surface area contributed by atoms with Crippen molar-refractivity contribution in [3.63, 3.8) is 0 Å². The molecule has 0 bridgehead atoms. The molecule has 0 unspecified atom stereocenters. The van der Waals surface area contributed by atoms with Crippen LogP contribution in [0.25, 0.3) is 11.0 Å². The molecule has 1 atom stereocenters. The lowest BCUT2D eigenvalue weighted by Crippen LogP contribution is -2.43. The Labute approximate surface area is 173 Å². The van der Waals surface area contributed by atoms with Gasteiger partial charge in [0.05, 0.1) is 24.0 Å². The van der Waals surface area contributed by atoms with Crippen LogP contribution >= 0.6 is 11.3 Å². The molecule has 1 aliphatic heterocycles. The van der Waals surface area contributed by atoms with Crippen molar-refractivity contribution in [1.29, 1.82) is 0 Å². The van der Waals surface area contributed by atoms with E-state index in [2.05, 4.69) is 15.4 Å². The van der Waals surface area contributed by atoms with E-state index in [1.54, 1.807) is 29.9 Å². The molecule has 4 heterocycles. The maximum absolute atomic E-state index is 12.8. The van der Waals surface area contributed by atoms with Gasteiger partial charge in [-0.2, -0.15) is 9.40 Å². The van der Waals surface area contributed by atoms with E-state index in [1.165, 1.54) is 15.6 Å². The van der Waals surface area contributed by atoms with Crippen LogP contribution in [-0.4, -0.2) is 46.5 Å². The van der Waals surface area contributed by atoms with Crippen LogP contribution in [0.1, 0.15) is 32.7 Å². The molecule has 0 aliphatic carbocycles. The number of rotatable bonds is 5. The number of hydrogen-bond acceptors (Lipinski definition) is 6. The van der Waals surface area contributed by atoms with Gasteiger partial charge in [-0.05, 0) is 44.2 Å². The van der Waals surface area contributed by atoms with E-state index >= 15 is 0 Å². The Balaban J connectivity index is 1.48. The quantitative estimate of drug-likeness (QED) is 0.667. The number of pyridine rings is 1. The van der Waals surface area contributed by atoms with Gasteiger partial charge in [-0.25, -0.2) is 18.1 Å². The van der Waals surface area contributed by atoms with Gasteiger partial charge in [0.15, 0.2) is 5.65 Å². The predicted molar refractivity (Wildman–Crippen MR) is 112 cm³/mol. The van der Waals surface area contributed by atoms with Gasteiger partial charge < -0.3 is 5.32 Å². The van der Waals surface area contributed by atoms with E-state index in [4.69, 9.17) is 0 Å². The number of piperidine rings is 1. The van der Waals surface area contributed by atoms with E-state index < -0.39 is 15.9 Å². The Bertz CT molecular complexity index is 1120. The SMILES string of the molecule is CC(C)n1ncc2cc(NC(=O)[C@@H]3CCCN(S(=O)(=O)c4cccs4)C3)cnc21. The Morgan fingerprint density at radius 1 is 1.34 bits per heavy atom. The van der Waals surface area contributed by atoms with Crippen LogP contribution in [0.2, 0.25) is 0 Å². The van der Waals surface area contributed by atoms with Crippen LogP contribution in [-0.2, 0) is 14.8 Å². The van der Waals surface area contributed by atoms with Gasteiger partial charge in [0.2, 0.25) is 5.91 Å². The summed E-state index contributed by atoms with van der Waals surface area (Å²) in [5.74, 6) is -0.582. The standard InChI is InChI=1S/C19H23N5O3S2/c1-13(2)24-18-15(10-21-24)9-16(11-20-18)22-19(25)14-5-3-7-23(12-14)29(26,27)17-6-4-8-28-17/h4,6,8-11,13-14H,3,5,7,12H2,1-2H3,(H,22,25)/t14-/m1/s1. The second-order valence-electron chi connectivity index (χ2n) is 7.44. The summed E-state index contributed by atoms with van der Waals surface area (Å²) in [7, 11) is -3.54. The molecule has 8 nitrogen and oxygen atoms in total. The highest BCUT2D eigenvalue weighted by Gasteiger charge is 2.33. The molecule has 3 aromatic rings. The monoisotopic (exact) mass is 433 g/mol. The summed E-state index contributed by atoms with van der Waals surface area (Å²) in [4.78, 5) is 17.2. The van der Waals surface area contributed by atoms with Crippen molar-refractivity contribution in [2.24, 2.45) is 5.92 Å². The number of nitrogens with one attached hydrogen (secondary N) is 1. The third-order valence-corrected chi connectivity index (χ3v) is 8.27. The van der Waals surface area contributed by atoms with Gasteiger partial charge >= 0.3 is 0 Å². The van der Waals surface area contributed by atoms with Crippen LogP contribution in [0.3, 0.4) is 0 Å². The molecule has 154 valence electrons.